The van der Waals surface area contributed by atoms with Gasteiger partial charge in [-0.15, -0.1) is 0 Å². The van der Waals surface area contributed by atoms with Crippen LogP contribution in [-0.2, 0) is 10.0 Å². The summed E-state index contributed by atoms with van der Waals surface area (Å²) in [5, 5.41) is 2.21. The fraction of sp³-hybridized carbons (Fsp3) is 0.500. The molecule has 1 rings (SSSR count). The molecule has 0 aliphatic carbocycles. The van der Waals surface area contributed by atoms with Crippen LogP contribution in [0.15, 0.2) is 24.3 Å². The number of sulfonamides is 1. The van der Waals surface area contributed by atoms with Crippen LogP contribution < -0.4 is 14.8 Å². The molecule has 0 saturated carbocycles. The molecule has 1 aromatic carbocycles. The van der Waals surface area contributed by atoms with Crippen LogP contribution in [0.25, 0.3) is 0 Å². The van der Waals surface area contributed by atoms with Gasteiger partial charge in [-0.25, -0.2) is 8.42 Å². The number of ether oxygens (including phenoxy) is 1. The minimum Gasteiger partial charge on any atom is -0.433 e. The molecule has 0 radical (unpaired) electrons. The van der Waals surface area contributed by atoms with Crippen molar-refractivity contribution in [3.05, 3.63) is 24.3 Å². The van der Waals surface area contributed by atoms with Crippen molar-refractivity contribution in [3.63, 3.8) is 0 Å². The lowest BCUT2D eigenvalue weighted by molar-refractivity contribution is -0.0493. The summed E-state index contributed by atoms with van der Waals surface area (Å²) >= 11 is 0. The lowest BCUT2D eigenvalue weighted by atomic mass is 10.3. The first kappa shape index (κ1) is 16.6. The van der Waals surface area contributed by atoms with E-state index in [2.05, 4.69) is 14.8 Å². The van der Waals surface area contributed by atoms with Crippen LogP contribution in [0.4, 0.5) is 14.5 Å². The number of benzene rings is 1. The van der Waals surface area contributed by atoms with Gasteiger partial charge in [0.15, 0.2) is 0 Å². The summed E-state index contributed by atoms with van der Waals surface area (Å²) in [6.45, 7) is 1.29. The highest BCUT2D eigenvalue weighted by molar-refractivity contribution is 7.93. The van der Waals surface area contributed by atoms with Crippen molar-refractivity contribution in [2.75, 3.05) is 17.8 Å². The first-order valence-corrected chi connectivity index (χ1v) is 7.67. The number of alkyl halides is 2. The van der Waals surface area contributed by atoms with E-state index in [1.165, 1.54) is 31.2 Å². The van der Waals surface area contributed by atoms with Crippen LogP contribution in [0.5, 0.6) is 5.75 Å². The van der Waals surface area contributed by atoms with Gasteiger partial charge >= 0.3 is 6.61 Å². The molecule has 0 aliphatic rings. The van der Waals surface area contributed by atoms with E-state index in [9.17, 15) is 17.2 Å². The molecule has 5 nitrogen and oxygen atoms in total. The van der Waals surface area contributed by atoms with Gasteiger partial charge < -0.3 is 10.1 Å². The first-order chi connectivity index (χ1) is 9.36. The number of anilines is 1. The van der Waals surface area contributed by atoms with Gasteiger partial charge in [0, 0.05) is 6.54 Å². The van der Waals surface area contributed by atoms with Crippen molar-refractivity contribution in [2.45, 2.75) is 25.7 Å². The molecule has 20 heavy (non-hydrogen) atoms. The average molecular weight is 308 g/mol. The number of hydrogen-bond acceptors (Lipinski definition) is 4. The van der Waals surface area contributed by atoms with Gasteiger partial charge in [0.1, 0.15) is 5.75 Å². The average Bonchev–Trinajstić information content (AvgIpc) is 2.37. The molecule has 0 bridgehead atoms. The maximum Gasteiger partial charge on any atom is 0.387 e. The summed E-state index contributed by atoms with van der Waals surface area (Å²) in [4.78, 5) is 0. The lowest BCUT2D eigenvalue weighted by Crippen LogP contribution is -2.34. The van der Waals surface area contributed by atoms with E-state index >= 15 is 0 Å². The van der Waals surface area contributed by atoms with Crippen molar-refractivity contribution in [2.24, 2.45) is 0 Å². The highest BCUT2D eigenvalue weighted by Gasteiger charge is 2.22. The number of halogens is 2. The second kappa shape index (κ2) is 7.39. The SMILES string of the molecule is CCNCC(C)S(=O)(=O)Nc1ccccc1OC(F)F. The maximum atomic E-state index is 12.2. The third-order valence-corrected chi connectivity index (χ3v) is 4.30. The molecule has 114 valence electrons. The highest BCUT2D eigenvalue weighted by Crippen LogP contribution is 2.27. The van der Waals surface area contributed by atoms with Crippen LogP contribution >= 0.6 is 0 Å². The second-order valence-corrected chi connectivity index (χ2v) is 6.24. The normalized spacial score (nSPS) is 13.2. The van der Waals surface area contributed by atoms with E-state index in [1.807, 2.05) is 6.92 Å². The smallest absolute Gasteiger partial charge is 0.387 e. The zero-order valence-electron chi connectivity index (χ0n) is 11.3. The topological polar surface area (TPSA) is 67.4 Å². The van der Waals surface area contributed by atoms with Crippen LogP contribution in [0.2, 0.25) is 0 Å². The van der Waals surface area contributed by atoms with Crippen LogP contribution in [0.3, 0.4) is 0 Å². The van der Waals surface area contributed by atoms with Gasteiger partial charge in [-0.05, 0) is 25.6 Å². The Morgan fingerprint density at radius 2 is 1.95 bits per heavy atom. The van der Waals surface area contributed by atoms with Crippen molar-refractivity contribution >= 4 is 15.7 Å². The fourth-order valence-corrected chi connectivity index (χ4v) is 2.47. The quantitative estimate of drug-likeness (QED) is 0.771. The Morgan fingerprint density at radius 3 is 2.55 bits per heavy atom. The molecule has 2 N–H and O–H groups in total. The Hall–Kier alpha value is -1.41. The Kier molecular flexibility index (Phi) is 6.15. The van der Waals surface area contributed by atoms with Gasteiger partial charge in [0.2, 0.25) is 10.0 Å². The van der Waals surface area contributed by atoms with Gasteiger partial charge in [-0.3, -0.25) is 4.72 Å². The number of rotatable bonds is 8. The highest BCUT2D eigenvalue weighted by atomic mass is 32.2. The Balaban J connectivity index is 2.86. The lowest BCUT2D eigenvalue weighted by Gasteiger charge is -2.17. The van der Waals surface area contributed by atoms with E-state index in [0.717, 1.165) is 0 Å². The third-order valence-electron chi connectivity index (χ3n) is 2.57. The summed E-state index contributed by atoms with van der Waals surface area (Å²) in [6.07, 6.45) is 0. The predicted octanol–water partition coefficient (Wildman–Crippen LogP) is 2.03. The van der Waals surface area contributed by atoms with Crippen LogP contribution in [-0.4, -0.2) is 33.4 Å². The minimum absolute atomic E-state index is 0.00357. The molecule has 0 heterocycles. The molecular weight excluding hydrogens is 290 g/mol. The second-order valence-electron chi connectivity index (χ2n) is 4.14. The van der Waals surface area contributed by atoms with Gasteiger partial charge in [0.05, 0.1) is 10.9 Å². The molecular formula is C12H18F2N2O3S. The maximum absolute atomic E-state index is 12.2. The standard InChI is InChI=1S/C12H18F2N2O3S/c1-3-15-8-9(2)20(17,18)16-10-6-4-5-7-11(10)19-12(13)14/h4-7,9,12,15-16H,3,8H2,1-2H3. The molecule has 8 heteroatoms. The Labute approximate surface area is 117 Å². The molecule has 1 atom stereocenters. The Morgan fingerprint density at radius 1 is 1.30 bits per heavy atom. The van der Waals surface area contributed by atoms with Crippen molar-refractivity contribution in [1.82, 2.24) is 5.32 Å². The fourth-order valence-electron chi connectivity index (χ4n) is 1.46. The molecule has 0 aliphatic heterocycles. The summed E-state index contributed by atoms with van der Waals surface area (Å²) in [5.74, 6) is -0.207. The van der Waals surface area contributed by atoms with Crippen LogP contribution in [0, 0.1) is 0 Å². The minimum atomic E-state index is -3.68. The molecule has 0 fully saturated rings. The summed E-state index contributed by atoms with van der Waals surface area (Å²) in [5.41, 5.74) is -0.00357. The van der Waals surface area contributed by atoms with Crippen LogP contribution in [0.1, 0.15) is 13.8 Å². The van der Waals surface area contributed by atoms with E-state index in [-0.39, 0.29) is 18.0 Å². The first-order valence-electron chi connectivity index (χ1n) is 6.13. The summed E-state index contributed by atoms with van der Waals surface area (Å²) < 4.78 is 55.1. The number of hydrogen-bond donors (Lipinski definition) is 2. The summed E-state index contributed by atoms with van der Waals surface area (Å²) in [7, 11) is -3.68. The molecule has 0 saturated heterocycles. The molecule has 1 aromatic rings. The summed E-state index contributed by atoms with van der Waals surface area (Å²) in [6, 6.07) is 5.66. The Bertz CT molecular complexity index is 523. The molecule has 0 spiro atoms. The number of nitrogens with one attached hydrogen (secondary N) is 2. The zero-order chi connectivity index (χ0) is 15.2. The monoisotopic (exact) mass is 308 g/mol. The van der Waals surface area contributed by atoms with E-state index in [0.29, 0.717) is 6.54 Å². The van der Waals surface area contributed by atoms with Crippen molar-refractivity contribution in [3.8, 4) is 5.75 Å². The van der Waals surface area contributed by atoms with E-state index in [1.54, 1.807) is 0 Å². The molecule has 0 amide bonds. The largest absolute Gasteiger partial charge is 0.433 e. The zero-order valence-corrected chi connectivity index (χ0v) is 12.1. The number of para-hydroxylation sites is 2. The van der Waals surface area contributed by atoms with Gasteiger partial charge in [-0.2, -0.15) is 8.78 Å². The van der Waals surface area contributed by atoms with E-state index in [4.69, 9.17) is 0 Å². The van der Waals surface area contributed by atoms with E-state index < -0.39 is 21.9 Å². The third kappa shape index (κ3) is 4.93. The van der Waals surface area contributed by atoms with Gasteiger partial charge in [-0.1, -0.05) is 19.1 Å². The van der Waals surface area contributed by atoms with Crippen molar-refractivity contribution < 1.29 is 21.9 Å². The van der Waals surface area contributed by atoms with Gasteiger partial charge in [0.25, 0.3) is 0 Å². The molecule has 1 unspecified atom stereocenters. The van der Waals surface area contributed by atoms with Crippen molar-refractivity contribution in [1.29, 1.82) is 0 Å². The molecule has 0 aromatic heterocycles. The predicted molar refractivity (Wildman–Crippen MR) is 73.6 cm³/mol.